The first-order chi connectivity index (χ1) is 9.54. The molecule has 4 N–H and O–H groups in total. The van der Waals surface area contributed by atoms with Crippen LogP contribution in [0.3, 0.4) is 0 Å². The average Bonchev–Trinajstić information content (AvgIpc) is 2.41. The van der Waals surface area contributed by atoms with Gasteiger partial charge in [-0.1, -0.05) is 18.2 Å². The van der Waals surface area contributed by atoms with Gasteiger partial charge in [-0.25, -0.2) is 4.79 Å². The van der Waals surface area contributed by atoms with Crippen molar-refractivity contribution in [3.8, 4) is 6.07 Å². The van der Waals surface area contributed by atoms with Crippen LogP contribution < -0.4 is 11.1 Å². The molecule has 2 aromatic carbocycles. The molecule has 2 rings (SSSR count). The number of hydrogen-bond donors (Lipinski definition) is 3. The molecule has 20 heavy (non-hydrogen) atoms. The molecule has 0 fully saturated rings. The van der Waals surface area contributed by atoms with Gasteiger partial charge in [0.1, 0.15) is 6.07 Å². The van der Waals surface area contributed by atoms with E-state index in [1.165, 1.54) is 6.07 Å². The molecular weight excluding hydrogens is 254 g/mol. The zero-order valence-electron chi connectivity index (χ0n) is 10.8. The van der Waals surface area contributed by atoms with Crippen LogP contribution >= 0.6 is 0 Å². The Balaban J connectivity index is 2.54. The van der Waals surface area contributed by atoms with Crippen LogP contribution in [0.4, 0.5) is 17.1 Å². The molecule has 0 aliphatic rings. The van der Waals surface area contributed by atoms with Crippen LogP contribution in [0.1, 0.15) is 21.5 Å². The van der Waals surface area contributed by atoms with Crippen molar-refractivity contribution in [2.45, 2.75) is 6.92 Å². The Morgan fingerprint density at radius 1 is 1.30 bits per heavy atom. The highest BCUT2D eigenvalue weighted by atomic mass is 16.4. The van der Waals surface area contributed by atoms with Gasteiger partial charge >= 0.3 is 5.97 Å². The minimum atomic E-state index is -1.08. The van der Waals surface area contributed by atoms with Gasteiger partial charge in [-0.2, -0.15) is 5.26 Å². The highest BCUT2D eigenvalue weighted by molar-refractivity contribution is 5.99. The molecule has 0 amide bonds. The number of nitrogen functional groups attached to an aromatic ring is 1. The van der Waals surface area contributed by atoms with E-state index in [0.717, 1.165) is 5.56 Å². The third-order valence-electron chi connectivity index (χ3n) is 2.97. The largest absolute Gasteiger partial charge is 0.478 e. The number of aryl methyl sites for hydroxylation is 1. The standard InChI is InChI=1S/C15H13N3O2/c1-9-4-2-7-13(11(9)8-16)18-14-10(15(19)20)5-3-6-12(14)17/h2-7,18H,17H2,1H3,(H,19,20). The second-order valence-corrected chi connectivity index (χ2v) is 4.31. The summed E-state index contributed by atoms with van der Waals surface area (Å²) in [6.45, 7) is 1.82. The number of nitrogens with two attached hydrogens (primary N) is 1. The first-order valence-electron chi connectivity index (χ1n) is 5.93. The molecule has 0 bridgehead atoms. The molecular formula is C15H13N3O2. The van der Waals surface area contributed by atoms with E-state index in [0.29, 0.717) is 22.6 Å². The summed E-state index contributed by atoms with van der Waals surface area (Å²) in [4.78, 5) is 11.2. The van der Waals surface area contributed by atoms with Crippen molar-refractivity contribution in [3.63, 3.8) is 0 Å². The number of nitriles is 1. The van der Waals surface area contributed by atoms with E-state index < -0.39 is 5.97 Å². The summed E-state index contributed by atoms with van der Waals surface area (Å²) in [5, 5.41) is 21.3. The topological polar surface area (TPSA) is 99.1 Å². The van der Waals surface area contributed by atoms with Crippen molar-refractivity contribution in [3.05, 3.63) is 53.1 Å². The SMILES string of the molecule is Cc1cccc(Nc2c(N)cccc2C(=O)O)c1C#N. The molecule has 0 atom stereocenters. The van der Waals surface area contributed by atoms with Crippen LogP contribution in [0.5, 0.6) is 0 Å². The van der Waals surface area contributed by atoms with Gasteiger partial charge in [-0.15, -0.1) is 0 Å². The lowest BCUT2D eigenvalue weighted by molar-refractivity contribution is 0.0698. The molecule has 5 nitrogen and oxygen atoms in total. The maximum atomic E-state index is 11.2. The molecule has 0 saturated heterocycles. The van der Waals surface area contributed by atoms with Gasteiger partial charge in [0.2, 0.25) is 0 Å². The van der Waals surface area contributed by atoms with Crippen molar-refractivity contribution in [1.82, 2.24) is 0 Å². The Bertz CT molecular complexity index is 718. The molecule has 2 aromatic rings. The van der Waals surface area contributed by atoms with Gasteiger partial charge in [-0.3, -0.25) is 0 Å². The highest BCUT2D eigenvalue weighted by Crippen LogP contribution is 2.29. The molecule has 0 aromatic heterocycles. The summed E-state index contributed by atoms with van der Waals surface area (Å²) >= 11 is 0. The number of rotatable bonds is 3. The van der Waals surface area contributed by atoms with Crippen molar-refractivity contribution in [2.75, 3.05) is 11.1 Å². The lowest BCUT2D eigenvalue weighted by Crippen LogP contribution is -2.06. The predicted molar refractivity (Wildman–Crippen MR) is 77.0 cm³/mol. The zero-order valence-corrected chi connectivity index (χ0v) is 10.8. The van der Waals surface area contributed by atoms with Gasteiger partial charge < -0.3 is 16.2 Å². The third-order valence-corrected chi connectivity index (χ3v) is 2.97. The van der Waals surface area contributed by atoms with Crippen LogP contribution in [0.2, 0.25) is 0 Å². The van der Waals surface area contributed by atoms with Crippen molar-refractivity contribution in [2.24, 2.45) is 0 Å². The van der Waals surface area contributed by atoms with E-state index in [1.54, 1.807) is 24.3 Å². The Morgan fingerprint density at radius 3 is 2.65 bits per heavy atom. The number of carboxylic acids is 1. The van der Waals surface area contributed by atoms with Crippen molar-refractivity contribution in [1.29, 1.82) is 5.26 Å². The number of benzene rings is 2. The van der Waals surface area contributed by atoms with Gasteiger partial charge in [0.25, 0.3) is 0 Å². The van der Waals surface area contributed by atoms with Crippen LogP contribution in [-0.4, -0.2) is 11.1 Å². The van der Waals surface area contributed by atoms with Crippen molar-refractivity contribution >= 4 is 23.0 Å². The lowest BCUT2D eigenvalue weighted by Gasteiger charge is -2.14. The number of para-hydroxylation sites is 1. The van der Waals surface area contributed by atoms with Crippen molar-refractivity contribution < 1.29 is 9.90 Å². The average molecular weight is 267 g/mol. The van der Waals surface area contributed by atoms with Gasteiger partial charge in [0.05, 0.1) is 28.2 Å². The summed E-state index contributed by atoms with van der Waals surface area (Å²) in [6.07, 6.45) is 0. The number of nitrogens with zero attached hydrogens (tertiary/aromatic N) is 1. The fourth-order valence-electron chi connectivity index (χ4n) is 1.94. The summed E-state index contributed by atoms with van der Waals surface area (Å²) < 4.78 is 0. The quantitative estimate of drug-likeness (QED) is 0.742. The van der Waals surface area contributed by atoms with E-state index in [-0.39, 0.29) is 5.56 Å². The molecule has 0 heterocycles. The predicted octanol–water partition coefficient (Wildman–Crippen LogP) is 2.89. The van der Waals surface area contributed by atoms with Crippen LogP contribution in [0.15, 0.2) is 36.4 Å². The van der Waals surface area contributed by atoms with E-state index in [9.17, 15) is 15.2 Å². The number of carboxylic acid groups (broad SMARTS) is 1. The first kappa shape index (κ1) is 13.4. The van der Waals surface area contributed by atoms with Gasteiger partial charge in [0.15, 0.2) is 0 Å². The van der Waals surface area contributed by atoms with E-state index >= 15 is 0 Å². The number of anilines is 3. The number of hydrogen-bond acceptors (Lipinski definition) is 4. The normalized spacial score (nSPS) is 9.80. The first-order valence-corrected chi connectivity index (χ1v) is 5.93. The van der Waals surface area contributed by atoms with E-state index in [4.69, 9.17) is 5.73 Å². The minimum absolute atomic E-state index is 0.0652. The second-order valence-electron chi connectivity index (χ2n) is 4.31. The Hall–Kier alpha value is -3.00. The molecule has 0 radical (unpaired) electrons. The molecule has 100 valence electrons. The van der Waals surface area contributed by atoms with Crippen LogP contribution in [0.25, 0.3) is 0 Å². The minimum Gasteiger partial charge on any atom is -0.478 e. The van der Waals surface area contributed by atoms with Gasteiger partial charge in [0, 0.05) is 0 Å². The molecule has 0 aliphatic carbocycles. The lowest BCUT2D eigenvalue weighted by atomic mass is 10.1. The van der Waals surface area contributed by atoms with Crippen LogP contribution in [0, 0.1) is 18.3 Å². The number of aromatic carboxylic acids is 1. The maximum Gasteiger partial charge on any atom is 0.337 e. The highest BCUT2D eigenvalue weighted by Gasteiger charge is 2.14. The van der Waals surface area contributed by atoms with E-state index in [1.807, 2.05) is 13.0 Å². The number of nitrogens with one attached hydrogen (secondary N) is 1. The monoisotopic (exact) mass is 267 g/mol. The second kappa shape index (κ2) is 5.33. The third kappa shape index (κ3) is 2.40. The summed E-state index contributed by atoms with van der Waals surface area (Å²) in [5.41, 5.74) is 8.31. The number of carbonyl (C=O) groups is 1. The summed E-state index contributed by atoms with van der Waals surface area (Å²) in [5.74, 6) is -1.08. The zero-order chi connectivity index (χ0) is 14.7. The Kier molecular flexibility index (Phi) is 3.58. The maximum absolute atomic E-state index is 11.2. The Morgan fingerprint density at radius 2 is 2.00 bits per heavy atom. The van der Waals surface area contributed by atoms with Gasteiger partial charge in [-0.05, 0) is 30.7 Å². The van der Waals surface area contributed by atoms with Crippen LogP contribution in [-0.2, 0) is 0 Å². The molecule has 0 spiro atoms. The fraction of sp³-hybridized carbons (Fsp3) is 0.0667. The Labute approximate surface area is 116 Å². The molecule has 0 unspecified atom stereocenters. The van der Waals surface area contributed by atoms with E-state index in [2.05, 4.69) is 11.4 Å². The fourth-order valence-corrected chi connectivity index (χ4v) is 1.94. The molecule has 0 saturated carbocycles. The smallest absolute Gasteiger partial charge is 0.337 e. The summed E-state index contributed by atoms with van der Waals surface area (Å²) in [7, 11) is 0. The summed E-state index contributed by atoms with van der Waals surface area (Å²) in [6, 6.07) is 12.1. The molecule has 5 heteroatoms. The molecule has 0 aliphatic heterocycles.